The second-order valence-electron chi connectivity index (χ2n) is 5.55. The van der Waals surface area contributed by atoms with Crippen molar-refractivity contribution in [3.8, 4) is 11.5 Å². The van der Waals surface area contributed by atoms with Crippen LogP contribution in [0.25, 0.3) is 0 Å². The molecule has 0 unspecified atom stereocenters. The molecule has 5 nitrogen and oxygen atoms in total. The van der Waals surface area contributed by atoms with Crippen molar-refractivity contribution in [3.63, 3.8) is 0 Å². The third kappa shape index (κ3) is 5.20. The van der Waals surface area contributed by atoms with Crippen LogP contribution in [0.15, 0.2) is 34.8 Å². The zero-order chi connectivity index (χ0) is 16.5. The molecule has 2 rings (SSSR count). The Morgan fingerprint density at radius 1 is 1.17 bits per heavy atom. The van der Waals surface area contributed by atoms with Crippen molar-refractivity contribution >= 4 is 11.6 Å². The Kier molecular flexibility index (Phi) is 6.78. The number of hydrogen-bond donors (Lipinski definition) is 2. The van der Waals surface area contributed by atoms with Gasteiger partial charge in [-0.3, -0.25) is 4.99 Å². The van der Waals surface area contributed by atoms with Gasteiger partial charge in [0.2, 0.25) is 0 Å². The largest absolute Gasteiger partial charge is 0.493 e. The Morgan fingerprint density at radius 3 is 2.65 bits per heavy atom. The Hall–Kier alpha value is -2.17. The lowest BCUT2D eigenvalue weighted by atomic mass is 9.97. The van der Waals surface area contributed by atoms with E-state index in [0.29, 0.717) is 11.5 Å². The number of allylic oxidation sites excluding steroid dienone is 1. The number of methoxy groups -OCH3 is 2. The minimum absolute atomic E-state index is 0.695. The number of hydrogen-bond acceptors (Lipinski definition) is 3. The number of nitrogens with one attached hydrogen (secondary N) is 2. The van der Waals surface area contributed by atoms with Gasteiger partial charge in [0.15, 0.2) is 17.5 Å². The molecule has 0 saturated heterocycles. The van der Waals surface area contributed by atoms with Crippen LogP contribution in [0, 0.1) is 0 Å². The molecule has 1 aromatic carbocycles. The molecule has 1 aromatic rings. The zero-order valence-corrected chi connectivity index (χ0v) is 14.3. The van der Waals surface area contributed by atoms with E-state index in [-0.39, 0.29) is 0 Å². The highest BCUT2D eigenvalue weighted by Gasteiger charge is 2.07. The topological polar surface area (TPSA) is 54.9 Å². The molecule has 0 saturated carbocycles. The van der Waals surface area contributed by atoms with Crippen molar-refractivity contribution in [1.29, 1.82) is 0 Å². The van der Waals surface area contributed by atoms with E-state index in [2.05, 4.69) is 21.7 Å². The van der Waals surface area contributed by atoms with Crippen LogP contribution >= 0.6 is 0 Å². The van der Waals surface area contributed by atoms with Crippen LogP contribution < -0.4 is 20.1 Å². The number of rotatable bonds is 6. The molecule has 126 valence electrons. The van der Waals surface area contributed by atoms with Gasteiger partial charge in [-0.15, -0.1) is 0 Å². The van der Waals surface area contributed by atoms with Crippen LogP contribution in [-0.2, 0) is 0 Å². The molecular formula is C18H27N3O2. The second kappa shape index (κ2) is 9.08. The molecule has 0 aliphatic heterocycles. The molecule has 0 fully saturated rings. The molecule has 2 N–H and O–H groups in total. The van der Waals surface area contributed by atoms with Gasteiger partial charge in [-0.1, -0.05) is 11.6 Å². The molecule has 23 heavy (non-hydrogen) atoms. The summed E-state index contributed by atoms with van der Waals surface area (Å²) in [5, 5.41) is 6.63. The summed E-state index contributed by atoms with van der Waals surface area (Å²) in [5.74, 6) is 2.17. The highest BCUT2D eigenvalue weighted by molar-refractivity contribution is 5.93. The van der Waals surface area contributed by atoms with Crippen molar-refractivity contribution < 1.29 is 9.47 Å². The lowest BCUT2D eigenvalue weighted by Crippen LogP contribution is -2.31. The quantitative estimate of drug-likeness (QED) is 0.478. The van der Waals surface area contributed by atoms with Crippen LogP contribution in [-0.4, -0.2) is 33.8 Å². The van der Waals surface area contributed by atoms with E-state index in [1.807, 2.05) is 18.2 Å². The fourth-order valence-electron chi connectivity index (χ4n) is 2.70. The van der Waals surface area contributed by atoms with Gasteiger partial charge in [0, 0.05) is 25.3 Å². The summed E-state index contributed by atoms with van der Waals surface area (Å²) >= 11 is 0. The number of aliphatic imine (C=N–C) groups is 1. The minimum atomic E-state index is 0.695. The van der Waals surface area contributed by atoms with Crippen LogP contribution in [0.2, 0.25) is 0 Å². The fraction of sp³-hybridized carbons (Fsp3) is 0.500. The van der Waals surface area contributed by atoms with Crippen molar-refractivity contribution in [2.75, 3.05) is 33.1 Å². The molecule has 0 atom stereocenters. The fourth-order valence-corrected chi connectivity index (χ4v) is 2.70. The van der Waals surface area contributed by atoms with Crippen molar-refractivity contribution in [3.05, 3.63) is 29.8 Å². The van der Waals surface area contributed by atoms with Crippen LogP contribution in [0.5, 0.6) is 11.5 Å². The second-order valence-corrected chi connectivity index (χ2v) is 5.55. The monoisotopic (exact) mass is 317 g/mol. The minimum Gasteiger partial charge on any atom is -0.493 e. The molecule has 0 spiro atoms. The van der Waals surface area contributed by atoms with E-state index < -0.39 is 0 Å². The normalized spacial score (nSPS) is 14.9. The first-order valence-electron chi connectivity index (χ1n) is 8.14. The SMILES string of the molecule is CN=C(NCCC1=CCCCC1)Nc1ccc(OC)c(OC)c1. The maximum atomic E-state index is 5.32. The Balaban J connectivity index is 1.88. The van der Waals surface area contributed by atoms with Gasteiger partial charge < -0.3 is 20.1 Å². The average molecular weight is 317 g/mol. The molecular weight excluding hydrogens is 290 g/mol. The highest BCUT2D eigenvalue weighted by atomic mass is 16.5. The van der Waals surface area contributed by atoms with E-state index in [9.17, 15) is 0 Å². The van der Waals surface area contributed by atoms with E-state index in [4.69, 9.17) is 9.47 Å². The summed E-state index contributed by atoms with van der Waals surface area (Å²) in [5.41, 5.74) is 2.47. The van der Waals surface area contributed by atoms with Gasteiger partial charge in [-0.05, 0) is 44.2 Å². The predicted octanol–water partition coefficient (Wildman–Crippen LogP) is 3.58. The summed E-state index contributed by atoms with van der Waals surface area (Å²) in [4.78, 5) is 4.27. The van der Waals surface area contributed by atoms with E-state index in [1.165, 1.54) is 25.7 Å². The first-order chi connectivity index (χ1) is 11.3. The summed E-state index contributed by atoms with van der Waals surface area (Å²) in [6.45, 7) is 0.888. The summed E-state index contributed by atoms with van der Waals surface area (Å²) in [7, 11) is 5.04. The number of guanidine groups is 1. The molecule has 0 bridgehead atoms. The summed E-state index contributed by atoms with van der Waals surface area (Å²) in [6.07, 6.45) is 8.59. The lowest BCUT2D eigenvalue weighted by molar-refractivity contribution is 0.355. The highest BCUT2D eigenvalue weighted by Crippen LogP contribution is 2.29. The third-order valence-corrected chi connectivity index (χ3v) is 3.99. The number of ether oxygens (including phenoxy) is 2. The molecule has 5 heteroatoms. The Labute approximate surface area is 138 Å². The van der Waals surface area contributed by atoms with E-state index >= 15 is 0 Å². The van der Waals surface area contributed by atoms with Crippen molar-refractivity contribution in [2.24, 2.45) is 4.99 Å². The number of anilines is 1. The first-order valence-corrected chi connectivity index (χ1v) is 8.14. The van der Waals surface area contributed by atoms with Gasteiger partial charge in [0.05, 0.1) is 14.2 Å². The van der Waals surface area contributed by atoms with Gasteiger partial charge in [-0.2, -0.15) is 0 Å². The lowest BCUT2D eigenvalue weighted by Gasteiger charge is -2.16. The van der Waals surface area contributed by atoms with Crippen molar-refractivity contribution in [1.82, 2.24) is 5.32 Å². The van der Waals surface area contributed by atoms with E-state index in [1.54, 1.807) is 26.8 Å². The van der Waals surface area contributed by atoms with Crippen molar-refractivity contribution in [2.45, 2.75) is 32.1 Å². The summed E-state index contributed by atoms with van der Waals surface area (Å²) in [6, 6.07) is 5.72. The zero-order valence-electron chi connectivity index (χ0n) is 14.3. The molecule has 1 aliphatic carbocycles. The molecule has 0 amide bonds. The Bertz CT molecular complexity index is 567. The van der Waals surface area contributed by atoms with Gasteiger partial charge >= 0.3 is 0 Å². The van der Waals surface area contributed by atoms with Gasteiger partial charge in [-0.25, -0.2) is 0 Å². The van der Waals surface area contributed by atoms with Crippen LogP contribution in [0.1, 0.15) is 32.1 Å². The maximum Gasteiger partial charge on any atom is 0.195 e. The van der Waals surface area contributed by atoms with E-state index in [0.717, 1.165) is 24.6 Å². The molecule has 0 aromatic heterocycles. The third-order valence-electron chi connectivity index (χ3n) is 3.99. The number of benzene rings is 1. The Morgan fingerprint density at radius 2 is 2.00 bits per heavy atom. The number of nitrogens with zero attached hydrogens (tertiary/aromatic N) is 1. The molecule has 0 radical (unpaired) electrons. The summed E-state index contributed by atoms with van der Waals surface area (Å²) < 4.78 is 10.6. The average Bonchev–Trinajstić information content (AvgIpc) is 2.61. The predicted molar refractivity (Wildman–Crippen MR) is 95.7 cm³/mol. The standard InChI is InChI=1S/C18H27N3O2/c1-19-18(20-12-11-14-7-5-4-6-8-14)21-15-9-10-16(22-2)17(13-15)23-3/h7,9-10,13H,4-6,8,11-12H2,1-3H3,(H2,19,20,21). The van der Waals surface area contributed by atoms with Crippen LogP contribution in [0.4, 0.5) is 5.69 Å². The van der Waals surface area contributed by atoms with Crippen LogP contribution in [0.3, 0.4) is 0 Å². The first kappa shape index (κ1) is 17.2. The van der Waals surface area contributed by atoms with Gasteiger partial charge in [0.1, 0.15) is 0 Å². The maximum absolute atomic E-state index is 5.32. The smallest absolute Gasteiger partial charge is 0.195 e. The molecule has 1 aliphatic rings. The molecule has 0 heterocycles. The van der Waals surface area contributed by atoms with Gasteiger partial charge in [0.25, 0.3) is 0 Å².